The van der Waals surface area contributed by atoms with Gasteiger partial charge in [0.05, 0.1) is 25.4 Å². The molecule has 0 heterocycles. The number of allylic oxidation sites excluding steroid dienone is 3. The van der Waals surface area contributed by atoms with Crippen molar-refractivity contribution in [1.29, 1.82) is 0 Å². The third-order valence-corrected chi connectivity index (χ3v) is 14.7. The first-order valence-corrected chi connectivity index (χ1v) is 31.6. The van der Waals surface area contributed by atoms with Gasteiger partial charge >= 0.3 is 5.97 Å². The number of unbranched alkanes of at least 4 members (excludes halogenated alkanes) is 46. The molecule has 6 nitrogen and oxygen atoms in total. The van der Waals surface area contributed by atoms with Gasteiger partial charge in [-0.3, -0.25) is 9.59 Å². The molecule has 0 radical (unpaired) electrons. The molecule has 2 unspecified atom stereocenters. The molecule has 1 amide bonds. The highest BCUT2D eigenvalue weighted by Gasteiger charge is 2.18. The minimum atomic E-state index is -0.848. The van der Waals surface area contributed by atoms with Crippen molar-refractivity contribution in [3.05, 3.63) is 24.3 Å². The minimum absolute atomic E-state index is 0.00217. The Morgan fingerprint density at radius 3 is 1.01 bits per heavy atom. The van der Waals surface area contributed by atoms with Crippen LogP contribution < -0.4 is 5.32 Å². The fourth-order valence-electron chi connectivity index (χ4n) is 9.87. The predicted octanol–water partition coefficient (Wildman–Crippen LogP) is 19.8. The van der Waals surface area contributed by atoms with E-state index in [2.05, 4.69) is 31.3 Å². The third-order valence-electron chi connectivity index (χ3n) is 14.7. The molecular formula is C64H123NO5. The molecule has 70 heavy (non-hydrogen) atoms. The Balaban J connectivity index is 3.43. The lowest BCUT2D eigenvalue weighted by atomic mass is 10.0. The Hall–Kier alpha value is -1.66. The van der Waals surface area contributed by atoms with Gasteiger partial charge in [0.1, 0.15) is 0 Å². The number of rotatable bonds is 59. The summed E-state index contributed by atoms with van der Waals surface area (Å²) in [6.07, 6.45) is 73.5. The number of carbonyl (C=O) groups is 2. The normalized spacial score (nSPS) is 12.7. The zero-order valence-corrected chi connectivity index (χ0v) is 47.3. The van der Waals surface area contributed by atoms with E-state index in [-0.39, 0.29) is 18.5 Å². The summed E-state index contributed by atoms with van der Waals surface area (Å²) in [5, 5.41) is 23.2. The molecule has 6 heteroatoms. The number of aliphatic hydroxyl groups is 2. The zero-order valence-electron chi connectivity index (χ0n) is 47.3. The molecule has 2 atom stereocenters. The van der Waals surface area contributed by atoms with Crippen LogP contribution in [0.5, 0.6) is 0 Å². The van der Waals surface area contributed by atoms with E-state index in [4.69, 9.17) is 4.74 Å². The summed E-state index contributed by atoms with van der Waals surface area (Å²) in [5.41, 5.74) is 0. The molecule has 0 saturated heterocycles. The van der Waals surface area contributed by atoms with Crippen LogP contribution in [0.25, 0.3) is 0 Å². The van der Waals surface area contributed by atoms with Gasteiger partial charge in [-0.15, -0.1) is 0 Å². The lowest BCUT2D eigenvalue weighted by Crippen LogP contribution is -2.45. The Morgan fingerprint density at radius 1 is 0.386 bits per heavy atom. The summed E-state index contributed by atoms with van der Waals surface area (Å²) < 4.78 is 5.49. The second kappa shape index (κ2) is 59.9. The van der Waals surface area contributed by atoms with Crippen molar-refractivity contribution in [3.8, 4) is 0 Å². The maximum atomic E-state index is 12.5. The van der Waals surface area contributed by atoms with E-state index >= 15 is 0 Å². The first-order chi connectivity index (χ1) is 34.5. The molecule has 3 N–H and O–H groups in total. The van der Waals surface area contributed by atoms with Crippen molar-refractivity contribution in [3.63, 3.8) is 0 Å². The Kier molecular flexibility index (Phi) is 58.5. The lowest BCUT2D eigenvalue weighted by molar-refractivity contribution is -0.143. The molecule has 0 bridgehead atoms. The van der Waals surface area contributed by atoms with E-state index in [1.807, 2.05) is 6.08 Å². The van der Waals surface area contributed by atoms with Gasteiger partial charge in [0.2, 0.25) is 5.91 Å². The van der Waals surface area contributed by atoms with Gasteiger partial charge in [-0.2, -0.15) is 0 Å². The van der Waals surface area contributed by atoms with E-state index in [0.29, 0.717) is 19.4 Å². The van der Waals surface area contributed by atoms with Crippen LogP contribution in [0.2, 0.25) is 0 Å². The third kappa shape index (κ3) is 55.7. The largest absolute Gasteiger partial charge is 0.466 e. The van der Waals surface area contributed by atoms with Gasteiger partial charge in [-0.05, 0) is 57.8 Å². The fraction of sp³-hybridized carbons (Fsp3) is 0.906. The lowest BCUT2D eigenvalue weighted by Gasteiger charge is -2.20. The highest BCUT2D eigenvalue weighted by molar-refractivity contribution is 5.76. The maximum Gasteiger partial charge on any atom is 0.305 e. The number of hydrogen-bond donors (Lipinski definition) is 3. The van der Waals surface area contributed by atoms with Crippen molar-refractivity contribution >= 4 is 11.9 Å². The number of ether oxygens (including phenoxy) is 1. The second-order valence-corrected chi connectivity index (χ2v) is 21.7. The van der Waals surface area contributed by atoms with Gasteiger partial charge in [-0.25, -0.2) is 0 Å². The first kappa shape index (κ1) is 68.3. The van der Waals surface area contributed by atoms with Gasteiger partial charge < -0.3 is 20.3 Å². The van der Waals surface area contributed by atoms with E-state index in [1.165, 1.54) is 276 Å². The molecule has 0 aromatic carbocycles. The summed E-state index contributed by atoms with van der Waals surface area (Å²) in [4.78, 5) is 24.6. The molecule has 0 aromatic heterocycles. The van der Waals surface area contributed by atoms with E-state index in [1.54, 1.807) is 6.08 Å². The highest BCUT2D eigenvalue weighted by Crippen LogP contribution is 2.18. The average Bonchev–Trinajstić information content (AvgIpc) is 3.36. The molecule has 0 aliphatic carbocycles. The van der Waals surface area contributed by atoms with Gasteiger partial charge in [0, 0.05) is 12.8 Å². The highest BCUT2D eigenvalue weighted by atomic mass is 16.5. The summed E-state index contributed by atoms with van der Waals surface area (Å²) >= 11 is 0. The zero-order chi connectivity index (χ0) is 50.7. The monoisotopic (exact) mass is 986 g/mol. The summed E-state index contributed by atoms with van der Waals surface area (Å²) in [6.45, 7) is 4.91. The summed E-state index contributed by atoms with van der Waals surface area (Å²) in [7, 11) is 0. The van der Waals surface area contributed by atoms with Crippen molar-refractivity contribution in [2.75, 3.05) is 13.2 Å². The summed E-state index contributed by atoms with van der Waals surface area (Å²) in [6, 6.07) is -0.632. The van der Waals surface area contributed by atoms with Crippen LogP contribution in [0, 0.1) is 0 Å². The number of aliphatic hydroxyl groups excluding tert-OH is 2. The maximum absolute atomic E-state index is 12.5. The number of esters is 1. The van der Waals surface area contributed by atoms with E-state index in [9.17, 15) is 19.8 Å². The van der Waals surface area contributed by atoms with Crippen LogP contribution in [0.4, 0.5) is 0 Å². The van der Waals surface area contributed by atoms with Crippen LogP contribution >= 0.6 is 0 Å². The van der Waals surface area contributed by atoms with Crippen LogP contribution in [-0.2, 0) is 14.3 Å². The Labute approximate surface area is 437 Å². The van der Waals surface area contributed by atoms with E-state index < -0.39 is 12.1 Å². The molecule has 0 aliphatic heterocycles. The van der Waals surface area contributed by atoms with Crippen molar-refractivity contribution < 1.29 is 24.5 Å². The van der Waals surface area contributed by atoms with Crippen LogP contribution in [0.15, 0.2) is 24.3 Å². The van der Waals surface area contributed by atoms with Crippen LogP contribution in [-0.4, -0.2) is 47.4 Å². The second-order valence-electron chi connectivity index (χ2n) is 21.7. The molecular weight excluding hydrogens is 863 g/mol. The predicted molar refractivity (Wildman–Crippen MR) is 306 cm³/mol. The van der Waals surface area contributed by atoms with Crippen LogP contribution in [0.1, 0.15) is 348 Å². The van der Waals surface area contributed by atoms with Gasteiger partial charge in [0.25, 0.3) is 0 Å². The fourth-order valence-corrected chi connectivity index (χ4v) is 9.87. The Bertz CT molecular complexity index is 1090. The van der Waals surface area contributed by atoms with Crippen molar-refractivity contribution in [2.24, 2.45) is 0 Å². The average molecular weight is 987 g/mol. The molecule has 414 valence electrons. The molecule has 0 aromatic rings. The van der Waals surface area contributed by atoms with Crippen molar-refractivity contribution in [2.45, 2.75) is 360 Å². The molecule has 0 aliphatic rings. The number of amides is 1. The van der Waals surface area contributed by atoms with Gasteiger partial charge in [0.15, 0.2) is 0 Å². The Morgan fingerprint density at radius 2 is 0.671 bits per heavy atom. The minimum Gasteiger partial charge on any atom is -0.466 e. The smallest absolute Gasteiger partial charge is 0.305 e. The van der Waals surface area contributed by atoms with Crippen molar-refractivity contribution in [1.82, 2.24) is 5.32 Å². The van der Waals surface area contributed by atoms with Crippen LogP contribution in [0.3, 0.4) is 0 Å². The van der Waals surface area contributed by atoms with Gasteiger partial charge in [-0.1, -0.05) is 301 Å². The molecule has 0 rings (SSSR count). The quantitative estimate of drug-likeness (QED) is 0.0321. The number of carbonyl (C=O) groups excluding carboxylic acids is 2. The standard InChI is InChI=1S/C64H123NO5/c1-3-5-7-9-11-13-15-17-19-21-24-28-32-36-40-44-48-52-56-62(67)61(60-66)65-63(68)57-53-49-45-41-37-33-29-25-23-27-31-35-39-43-47-51-55-59-70-64(69)58-54-50-46-42-38-34-30-26-22-20-18-16-14-12-10-8-6-4-2/h20,22,52,56,61-62,66-67H,3-19,21,23-51,53-55,57-60H2,1-2H3,(H,65,68)/b22-20-,56-52+. The first-order valence-electron chi connectivity index (χ1n) is 31.6. The number of hydrogen-bond acceptors (Lipinski definition) is 5. The molecule has 0 spiro atoms. The molecule has 0 fully saturated rings. The molecule has 0 saturated carbocycles. The topological polar surface area (TPSA) is 95.9 Å². The van der Waals surface area contributed by atoms with E-state index in [0.717, 1.165) is 44.9 Å². The SMILES string of the molecule is CCCCCCCCC/C=C\CCCCCCCCCC(=O)OCCCCCCCCCCCCCCCCCCCC(=O)NC(CO)C(O)/C=C/CCCCCCCCCCCCCCCCCC. The number of nitrogens with one attached hydrogen (secondary N) is 1. The summed E-state index contributed by atoms with van der Waals surface area (Å²) in [5.74, 6) is -0.0685.